The van der Waals surface area contributed by atoms with Gasteiger partial charge in [-0.2, -0.15) is 18.2 Å². The molecule has 0 atom stereocenters. The second-order valence-electron chi connectivity index (χ2n) is 4.21. The van der Waals surface area contributed by atoms with Crippen molar-refractivity contribution in [1.82, 2.24) is 30.1 Å². The summed E-state index contributed by atoms with van der Waals surface area (Å²) in [6.07, 6.45) is -1.70. The molecule has 3 aromatic heterocycles. The van der Waals surface area contributed by atoms with E-state index < -0.39 is 12.0 Å². The van der Waals surface area contributed by atoms with Gasteiger partial charge in [-0.1, -0.05) is 5.16 Å². The van der Waals surface area contributed by atoms with Crippen LogP contribution in [0, 0.1) is 6.92 Å². The van der Waals surface area contributed by atoms with Crippen molar-refractivity contribution in [2.75, 3.05) is 0 Å². The van der Waals surface area contributed by atoms with E-state index in [4.69, 9.17) is 4.52 Å². The largest absolute Gasteiger partial charge is 0.451 e. The zero-order valence-corrected chi connectivity index (χ0v) is 11.0. The van der Waals surface area contributed by atoms with Crippen molar-refractivity contribution in [3.8, 4) is 23.2 Å². The maximum Gasteiger partial charge on any atom is 0.451 e. The van der Waals surface area contributed by atoms with Gasteiger partial charge in [0.05, 0.1) is 0 Å². The van der Waals surface area contributed by atoms with Gasteiger partial charge in [0, 0.05) is 18.1 Å². The van der Waals surface area contributed by atoms with Crippen molar-refractivity contribution in [2.45, 2.75) is 13.1 Å². The molecule has 3 heterocycles. The second-order valence-corrected chi connectivity index (χ2v) is 4.21. The highest BCUT2D eigenvalue weighted by atomic mass is 19.4. The third-order valence-corrected chi connectivity index (χ3v) is 2.52. The van der Waals surface area contributed by atoms with Crippen molar-refractivity contribution in [1.29, 1.82) is 0 Å². The molecule has 3 rings (SSSR count). The number of nitrogens with zero attached hydrogens (tertiary/aromatic N) is 6. The fourth-order valence-electron chi connectivity index (χ4n) is 1.64. The van der Waals surface area contributed by atoms with Crippen LogP contribution < -0.4 is 0 Å². The molecule has 22 heavy (non-hydrogen) atoms. The van der Waals surface area contributed by atoms with Gasteiger partial charge in [0.2, 0.25) is 17.5 Å². The molecule has 10 heteroatoms. The van der Waals surface area contributed by atoms with E-state index >= 15 is 0 Å². The van der Waals surface area contributed by atoms with Crippen LogP contribution in [0.4, 0.5) is 13.2 Å². The minimum Gasteiger partial charge on any atom is -0.332 e. The molecule has 0 saturated carbocycles. The van der Waals surface area contributed by atoms with E-state index in [1.165, 1.54) is 25.4 Å². The summed E-state index contributed by atoms with van der Waals surface area (Å²) < 4.78 is 43.1. The Kier molecular flexibility index (Phi) is 3.28. The van der Waals surface area contributed by atoms with Crippen LogP contribution in [0.15, 0.2) is 29.0 Å². The van der Waals surface area contributed by atoms with Gasteiger partial charge in [0.25, 0.3) is 5.89 Å². The number of aryl methyl sites for hydroxylation is 1. The van der Waals surface area contributed by atoms with Crippen LogP contribution in [0.25, 0.3) is 23.2 Å². The van der Waals surface area contributed by atoms with Crippen molar-refractivity contribution >= 4 is 0 Å². The number of hydrogen-bond acceptors (Lipinski definition) is 7. The third-order valence-electron chi connectivity index (χ3n) is 2.52. The Hall–Kier alpha value is -2.91. The van der Waals surface area contributed by atoms with Gasteiger partial charge < -0.3 is 4.52 Å². The summed E-state index contributed by atoms with van der Waals surface area (Å²) in [5.41, 5.74) is 0.0162. The molecule has 0 fully saturated rings. The van der Waals surface area contributed by atoms with Gasteiger partial charge >= 0.3 is 6.18 Å². The van der Waals surface area contributed by atoms with E-state index in [1.807, 2.05) is 0 Å². The standard InChI is InChI=1S/C12H7F3N6O/c1-6-5-7(19-11(18-6)12(13,14)15)10-20-9(21-22-10)8-16-3-2-4-17-8/h2-5H,1H3. The van der Waals surface area contributed by atoms with Gasteiger partial charge in [0.1, 0.15) is 5.69 Å². The Morgan fingerprint density at radius 2 is 1.73 bits per heavy atom. The highest BCUT2D eigenvalue weighted by molar-refractivity contribution is 5.51. The fraction of sp³-hybridized carbons (Fsp3) is 0.167. The van der Waals surface area contributed by atoms with Gasteiger partial charge in [-0.3, -0.25) is 0 Å². The van der Waals surface area contributed by atoms with E-state index in [-0.39, 0.29) is 28.9 Å². The van der Waals surface area contributed by atoms with Crippen LogP contribution >= 0.6 is 0 Å². The number of aromatic nitrogens is 6. The van der Waals surface area contributed by atoms with E-state index in [1.54, 1.807) is 6.07 Å². The molecule has 0 spiro atoms. The molecular weight excluding hydrogens is 301 g/mol. The molecular formula is C12H7F3N6O. The Balaban J connectivity index is 2.02. The highest BCUT2D eigenvalue weighted by Crippen LogP contribution is 2.28. The molecule has 0 amide bonds. The highest BCUT2D eigenvalue weighted by Gasteiger charge is 2.35. The molecule has 0 N–H and O–H groups in total. The summed E-state index contributed by atoms with van der Waals surface area (Å²) in [6.45, 7) is 1.41. The van der Waals surface area contributed by atoms with Crippen LogP contribution in [-0.4, -0.2) is 30.1 Å². The molecule has 0 aromatic carbocycles. The first kappa shape index (κ1) is 14.0. The monoisotopic (exact) mass is 308 g/mol. The van der Waals surface area contributed by atoms with E-state index in [2.05, 4.69) is 30.1 Å². The summed E-state index contributed by atoms with van der Waals surface area (Å²) in [5.74, 6) is -1.18. The maximum atomic E-state index is 12.7. The van der Waals surface area contributed by atoms with Crippen LogP contribution in [0.3, 0.4) is 0 Å². The molecule has 0 unspecified atom stereocenters. The summed E-state index contributed by atoms with van der Waals surface area (Å²) >= 11 is 0. The zero-order valence-electron chi connectivity index (χ0n) is 11.0. The number of halogens is 3. The first-order valence-electron chi connectivity index (χ1n) is 5.98. The number of alkyl halides is 3. The third kappa shape index (κ3) is 2.75. The Bertz CT molecular complexity index is 802. The molecule has 0 bridgehead atoms. The van der Waals surface area contributed by atoms with Crippen LogP contribution in [0.2, 0.25) is 0 Å². The fourth-order valence-corrected chi connectivity index (χ4v) is 1.64. The molecule has 0 aliphatic heterocycles. The lowest BCUT2D eigenvalue weighted by Crippen LogP contribution is -2.12. The first-order valence-corrected chi connectivity index (χ1v) is 5.98. The van der Waals surface area contributed by atoms with Gasteiger partial charge in [-0.15, -0.1) is 0 Å². The van der Waals surface area contributed by atoms with E-state index in [0.29, 0.717) is 0 Å². The number of rotatable bonds is 2. The molecule has 7 nitrogen and oxygen atoms in total. The molecule has 3 aromatic rings. The molecule has 0 aliphatic rings. The average Bonchev–Trinajstić information content (AvgIpc) is 2.96. The van der Waals surface area contributed by atoms with Gasteiger partial charge in [-0.05, 0) is 19.1 Å². The molecule has 0 saturated heterocycles. The zero-order chi connectivity index (χ0) is 15.7. The predicted octanol–water partition coefficient (Wildman–Crippen LogP) is 2.31. The topological polar surface area (TPSA) is 90.5 Å². The Morgan fingerprint density at radius 1 is 1.00 bits per heavy atom. The van der Waals surface area contributed by atoms with Crippen molar-refractivity contribution in [3.63, 3.8) is 0 Å². The predicted molar refractivity (Wildman–Crippen MR) is 66.1 cm³/mol. The summed E-state index contributed by atoms with van der Waals surface area (Å²) in [6, 6.07) is 2.92. The minimum atomic E-state index is -4.66. The first-order chi connectivity index (χ1) is 10.4. The normalized spacial score (nSPS) is 11.6. The summed E-state index contributed by atoms with van der Waals surface area (Å²) in [7, 11) is 0. The maximum absolute atomic E-state index is 12.7. The summed E-state index contributed by atoms with van der Waals surface area (Å²) in [5, 5.41) is 3.63. The molecule has 0 aliphatic carbocycles. The van der Waals surface area contributed by atoms with Gasteiger partial charge in [0.15, 0.2) is 0 Å². The lowest BCUT2D eigenvalue weighted by molar-refractivity contribution is -0.145. The van der Waals surface area contributed by atoms with Crippen LogP contribution in [-0.2, 0) is 6.18 Å². The Morgan fingerprint density at radius 3 is 2.41 bits per heavy atom. The average molecular weight is 308 g/mol. The second kappa shape index (κ2) is 5.13. The lowest BCUT2D eigenvalue weighted by Gasteiger charge is -2.06. The van der Waals surface area contributed by atoms with Gasteiger partial charge in [-0.25, -0.2) is 19.9 Å². The smallest absolute Gasteiger partial charge is 0.332 e. The van der Waals surface area contributed by atoms with Crippen LogP contribution in [0.1, 0.15) is 11.5 Å². The van der Waals surface area contributed by atoms with Crippen molar-refractivity contribution in [3.05, 3.63) is 36.0 Å². The minimum absolute atomic E-state index is 0.0559. The SMILES string of the molecule is Cc1cc(-c2nc(-c3ncccn3)no2)nc(C(F)(F)F)n1. The van der Waals surface area contributed by atoms with E-state index in [9.17, 15) is 13.2 Å². The molecule has 112 valence electrons. The quantitative estimate of drug-likeness (QED) is 0.717. The summed E-state index contributed by atoms with van der Waals surface area (Å²) in [4.78, 5) is 18.6. The van der Waals surface area contributed by atoms with Crippen molar-refractivity contribution < 1.29 is 17.7 Å². The van der Waals surface area contributed by atoms with Crippen LogP contribution in [0.5, 0.6) is 0 Å². The molecule has 0 radical (unpaired) electrons. The Labute approximate surface area is 121 Å². The number of hydrogen-bond donors (Lipinski definition) is 0. The van der Waals surface area contributed by atoms with Crippen molar-refractivity contribution in [2.24, 2.45) is 0 Å². The lowest BCUT2D eigenvalue weighted by atomic mass is 10.3. The van der Waals surface area contributed by atoms with E-state index in [0.717, 1.165) is 0 Å².